The lowest BCUT2D eigenvalue weighted by Crippen LogP contribution is -2.65. The number of fused-ring (bicyclic) bond motifs is 10. The summed E-state index contributed by atoms with van der Waals surface area (Å²) in [6, 6.07) is 3.55. The Labute approximate surface area is 137 Å². The van der Waals surface area contributed by atoms with Gasteiger partial charge in [0.2, 0.25) is 0 Å². The van der Waals surface area contributed by atoms with E-state index >= 15 is 0 Å². The molecular formula is C14H18N4S3. The summed E-state index contributed by atoms with van der Waals surface area (Å²) >= 11 is 5.80. The Morgan fingerprint density at radius 1 is 0.667 bits per heavy atom. The van der Waals surface area contributed by atoms with Gasteiger partial charge in [0, 0.05) is 70.7 Å². The zero-order chi connectivity index (χ0) is 13.6. The quantitative estimate of drug-likeness (QED) is 0.484. The minimum Gasteiger partial charge on any atom is -0.305 e. The maximum absolute atomic E-state index is 3.95. The molecule has 5 heterocycles. The van der Waals surface area contributed by atoms with Gasteiger partial charge in [0.25, 0.3) is 0 Å². The first-order valence-corrected chi connectivity index (χ1v) is 10.5. The van der Waals surface area contributed by atoms with Gasteiger partial charge in [-0.25, -0.2) is 9.44 Å². The molecule has 4 N–H and O–H groups in total. The second-order valence-corrected chi connectivity index (χ2v) is 9.69. The predicted molar refractivity (Wildman–Crippen MR) is 90.9 cm³/mol. The van der Waals surface area contributed by atoms with Gasteiger partial charge < -0.3 is 10.6 Å². The molecule has 7 heteroatoms. The van der Waals surface area contributed by atoms with Crippen molar-refractivity contribution in [2.24, 2.45) is 11.8 Å². The summed E-state index contributed by atoms with van der Waals surface area (Å²) in [5, 5.41) is 13.9. The van der Waals surface area contributed by atoms with Crippen LogP contribution in [0.5, 0.6) is 0 Å². The third-order valence-electron chi connectivity index (χ3n) is 6.10. The smallest absolute Gasteiger partial charge is 0.0405 e. The molecule has 0 aromatic rings. The maximum atomic E-state index is 3.95. The zero-order valence-corrected chi connectivity index (χ0v) is 13.8. The van der Waals surface area contributed by atoms with Gasteiger partial charge in [0.05, 0.1) is 0 Å². The summed E-state index contributed by atoms with van der Waals surface area (Å²) in [6.45, 7) is 0. The molecule has 4 fully saturated rings. The molecule has 112 valence electrons. The second-order valence-electron chi connectivity index (χ2n) is 6.84. The van der Waals surface area contributed by atoms with E-state index in [1.54, 1.807) is 12.1 Å². The van der Waals surface area contributed by atoms with E-state index in [9.17, 15) is 0 Å². The van der Waals surface area contributed by atoms with Crippen molar-refractivity contribution >= 4 is 35.7 Å². The van der Waals surface area contributed by atoms with Crippen molar-refractivity contribution in [2.45, 2.75) is 46.8 Å². The van der Waals surface area contributed by atoms with Gasteiger partial charge >= 0.3 is 0 Å². The van der Waals surface area contributed by atoms with Gasteiger partial charge in [-0.1, -0.05) is 12.2 Å². The summed E-state index contributed by atoms with van der Waals surface area (Å²) in [7, 11) is 0. The third-order valence-corrected chi connectivity index (χ3v) is 9.35. The van der Waals surface area contributed by atoms with Crippen LogP contribution >= 0.6 is 35.7 Å². The van der Waals surface area contributed by atoms with Crippen LogP contribution in [0.1, 0.15) is 0 Å². The maximum Gasteiger partial charge on any atom is 0.0405 e. The van der Waals surface area contributed by atoms with Gasteiger partial charge in [-0.15, -0.1) is 23.5 Å². The van der Waals surface area contributed by atoms with Crippen molar-refractivity contribution in [3.63, 3.8) is 0 Å². The fraction of sp³-hybridized carbons (Fsp3) is 0.714. The van der Waals surface area contributed by atoms with E-state index in [4.69, 9.17) is 0 Å². The van der Waals surface area contributed by atoms with Gasteiger partial charge in [-0.05, 0) is 10.8 Å². The largest absolute Gasteiger partial charge is 0.305 e. The van der Waals surface area contributed by atoms with Crippen molar-refractivity contribution in [2.75, 3.05) is 0 Å². The molecule has 21 heavy (non-hydrogen) atoms. The number of nitrogens with one attached hydrogen (secondary N) is 4. The topological polar surface area (TPSA) is 48.1 Å². The molecule has 1 aliphatic carbocycles. The first-order chi connectivity index (χ1) is 10.4. The Bertz CT molecular complexity index is 494. The van der Waals surface area contributed by atoms with Gasteiger partial charge in [-0.2, -0.15) is 0 Å². The van der Waals surface area contributed by atoms with Crippen LogP contribution in [-0.4, -0.2) is 46.8 Å². The van der Waals surface area contributed by atoms with E-state index in [-0.39, 0.29) is 0 Å². The number of hydrogen-bond donors (Lipinski definition) is 4. The molecule has 10 atom stereocenters. The van der Waals surface area contributed by atoms with Crippen LogP contribution in [0.4, 0.5) is 0 Å². The average Bonchev–Trinajstić information content (AvgIpc) is 3.22. The standard InChI is InChI=1S/C14H18N4S3/c1-3-19-13-5(1)15-9-7(13)11-12(18-21-17-11)8-10(9)16-6-2-4-20-14(6)8/h1-18H. The Morgan fingerprint density at radius 3 is 1.71 bits per heavy atom. The summed E-state index contributed by atoms with van der Waals surface area (Å²) in [5.41, 5.74) is 0. The molecular weight excluding hydrogens is 320 g/mol. The summed E-state index contributed by atoms with van der Waals surface area (Å²) in [4.78, 5) is 0. The molecule has 5 aliphatic heterocycles. The minimum absolute atomic E-state index is 0.572. The molecule has 6 rings (SSSR count). The summed E-state index contributed by atoms with van der Waals surface area (Å²) < 4.78 is 7.40. The van der Waals surface area contributed by atoms with E-state index < -0.39 is 0 Å². The Morgan fingerprint density at radius 2 is 1.19 bits per heavy atom. The molecule has 0 aromatic carbocycles. The lowest BCUT2D eigenvalue weighted by Gasteiger charge is -2.45. The highest BCUT2D eigenvalue weighted by atomic mass is 32.2. The Balaban J connectivity index is 1.43. The first kappa shape index (κ1) is 12.8. The fourth-order valence-electron chi connectivity index (χ4n) is 5.36. The second kappa shape index (κ2) is 4.47. The van der Waals surface area contributed by atoms with E-state index in [0.29, 0.717) is 58.6 Å². The normalized spacial score (nSPS) is 62.5. The number of thioether (sulfide) groups is 2. The Kier molecular flexibility index (Phi) is 2.71. The molecule has 1 saturated carbocycles. The van der Waals surface area contributed by atoms with Crippen LogP contribution < -0.4 is 20.1 Å². The van der Waals surface area contributed by atoms with Gasteiger partial charge in [0.1, 0.15) is 0 Å². The highest BCUT2D eigenvalue weighted by Gasteiger charge is 2.64. The minimum atomic E-state index is 0.572. The molecule has 0 bridgehead atoms. The molecule has 6 aliphatic rings. The van der Waals surface area contributed by atoms with Crippen molar-refractivity contribution in [1.82, 2.24) is 20.1 Å². The van der Waals surface area contributed by atoms with Crippen LogP contribution in [0, 0.1) is 11.8 Å². The van der Waals surface area contributed by atoms with Crippen LogP contribution in [0.3, 0.4) is 0 Å². The highest BCUT2D eigenvalue weighted by molar-refractivity contribution is 8.03. The lowest BCUT2D eigenvalue weighted by molar-refractivity contribution is 0.161. The number of rotatable bonds is 0. The van der Waals surface area contributed by atoms with E-state index in [2.05, 4.69) is 43.0 Å². The molecule has 0 aromatic heterocycles. The SMILES string of the molecule is C1=CC2NC3C4NC5C=CSC5C4C4NSNC4C3C2S1. The summed E-state index contributed by atoms with van der Waals surface area (Å²) in [5.74, 6) is 1.42. The fourth-order valence-corrected chi connectivity index (χ4v) is 8.91. The molecule has 0 radical (unpaired) electrons. The molecule has 3 saturated heterocycles. The average molecular weight is 339 g/mol. The molecule has 0 spiro atoms. The third kappa shape index (κ3) is 1.56. The summed E-state index contributed by atoms with van der Waals surface area (Å²) in [6.07, 6.45) is 4.75. The van der Waals surface area contributed by atoms with E-state index in [0.717, 1.165) is 0 Å². The van der Waals surface area contributed by atoms with E-state index in [1.165, 1.54) is 0 Å². The highest BCUT2D eigenvalue weighted by Crippen LogP contribution is 2.52. The van der Waals surface area contributed by atoms with Crippen LogP contribution in [-0.2, 0) is 0 Å². The van der Waals surface area contributed by atoms with Crippen LogP contribution in [0.2, 0.25) is 0 Å². The van der Waals surface area contributed by atoms with Crippen LogP contribution in [0.15, 0.2) is 23.0 Å². The lowest BCUT2D eigenvalue weighted by atomic mass is 9.69. The Hall–Kier alpha value is 0.370. The predicted octanol–water partition coefficient (Wildman–Crippen LogP) is 0.665. The first-order valence-electron chi connectivity index (χ1n) is 7.75. The molecule has 4 nitrogen and oxygen atoms in total. The van der Waals surface area contributed by atoms with Gasteiger partial charge in [-0.3, -0.25) is 0 Å². The monoisotopic (exact) mass is 338 g/mol. The van der Waals surface area contributed by atoms with Gasteiger partial charge in [0.15, 0.2) is 0 Å². The van der Waals surface area contributed by atoms with E-state index in [1.807, 2.05) is 23.5 Å². The molecule has 0 amide bonds. The number of hydrogen-bond acceptors (Lipinski definition) is 7. The van der Waals surface area contributed by atoms with Crippen molar-refractivity contribution < 1.29 is 0 Å². The zero-order valence-electron chi connectivity index (χ0n) is 11.3. The van der Waals surface area contributed by atoms with Crippen LogP contribution in [0.25, 0.3) is 0 Å². The van der Waals surface area contributed by atoms with Crippen molar-refractivity contribution in [1.29, 1.82) is 0 Å². The van der Waals surface area contributed by atoms with Crippen molar-refractivity contribution in [3.05, 3.63) is 23.0 Å². The van der Waals surface area contributed by atoms with Crippen molar-refractivity contribution in [3.8, 4) is 0 Å². The molecule has 10 unspecified atom stereocenters.